The number of hydrogen-bond acceptors (Lipinski definition) is 3. The number of rotatable bonds is 6. The molecule has 0 fully saturated rings. The molecule has 2 atom stereocenters. The summed E-state index contributed by atoms with van der Waals surface area (Å²) in [5.41, 5.74) is 15.8. The summed E-state index contributed by atoms with van der Waals surface area (Å²) >= 11 is 0. The van der Waals surface area contributed by atoms with Crippen LogP contribution in [-0.4, -0.2) is 5.71 Å². The van der Waals surface area contributed by atoms with Crippen molar-refractivity contribution in [3.8, 4) is 22.3 Å². The summed E-state index contributed by atoms with van der Waals surface area (Å²) in [4.78, 5) is 5.92. The van der Waals surface area contributed by atoms with Crippen molar-refractivity contribution >= 4 is 65.9 Å². The third-order valence-electron chi connectivity index (χ3n) is 12.6. The van der Waals surface area contributed by atoms with Crippen LogP contribution in [0, 0.1) is 5.92 Å². The van der Waals surface area contributed by atoms with E-state index in [0.29, 0.717) is 5.92 Å². The lowest BCUT2D eigenvalue weighted by Crippen LogP contribution is -2.17. The maximum absolute atomic E-state index is 6.64. The number of furan rings is 2. The fourth-order valence-corrected chi connectivity index (χ4v) is 9.86. The Morgan fingerprint density at radius 1 is 0.508 bits per heavy atom. The van der Waals surface area contributed by atoms with E-state index in [1.165, 1.54) is 44.0 Å². The third-order valence-corrected chi connectivity index (χ3v) is 12.6. The minimum atomic E-state index is -0.0904. The molecule has 0 amide bonds. The van der Waals surface area contributed by atoms with Crippen LogP contribution in [0.4, 0.5) is 0 Å². The van der Waals surface area contributed by atoms with Crippen LogP contribution in [0.2, 0.25) is 0 Å². The van der Waals surface area contributed by atoms with Gasteiger partial charge in [0.2, 0.25) is 0 Å². The molecule has 1 aliphatic rings. The first-order valence-corrected chi connectivity index (χ1v) is 20.9. The zero-order valence-corrected chi connectivity index (χ0v) is 33.3. The van der Waals surface area contributed by atoms with Gasteiger partial charge in [0.15, 0.2) is 0 Å². The molecule has 10 aromatic rings. The highest BCUT2D eigenvalue weighted by atomic mass is 16.3. The standard InChI is InChI=1S/C56H43NO2/c1-3-36-33-49(43-25-16-28-52-55(43)44-23-12-14-26-50(44)58-52)57-48(29-35(2)54(36)38-19-8-5-9-20-38)41-30-39-21-10-11-22-42(39)46(32-41)47-31-40(37-17-6-4-7-18-37)34-53-56(47)45-24-13-15-27-51(45)59-53/h4-28,30-32,34,36,49H,3,29,33H2,1-2H3. The highest BCUT2D eigenvalue weighted by molar-refractivity contribution is 6.18. The van der Waals surface area contributed by atoms with Crippen LogP contribution in [-0.2, 0) is 0 Å². The van der Waals surface area contributed by atoms with Crippen molar-refractivity contribution in [1.29, 1.82) is 0 Å². The van der Waals surface area contributed by atoms with Crippen molar-refractivity contribution < 1.29 is 8.83 Å². The van der Waals surface area contributed by atoms with Gasteiger partial charge in [0.05, 0.1) is 6.04 Å². The van der Waals surface area contributed by atoms with Crippen LogP contribution in [0.5, 0.6) is 0 Å². The molecular formula is C56H43NO2. The summed E-state index contributed by atoms with van der Waals surface area (Å²) in [7, 11) is 0. The van der Waals surface area contributed by atoms with Crippen LogP contribution in [0.25, 0.3) is 82.5 Å². The van der Waals surface area contributed by atoms with Gasteiger partial charge in [-0.15, -0.1) is 0 Å². The Hall–Kier alpha value is -6.97. The first-order valence-electron chi connectivity index (χ1n) is 20.9. The number of fused-ring (bicyclic) bond motifs is 7. The summed E-state index contributed by atoms with van der Waals surface area (Å²) < 4.78 is 13.1. The Morgan fingerprint density at radius 3 is 1.86 bits per heavy atom. The molecule has 0 N–H and O–H groups in total. The van der Waals surface area contributed by atoms with Crippen molar-refractivity contribution in [2.45, 2.75) is 39.2 Å². The number of benzene rings is 8. The zero-order valence-electron chi connectivity index (χ0n) is 33.3. The molecule has 2 aromatic heterocycles. The quantitative estimate of drug-likeness (QED) is 0.169. The topological polar surface area (TPSA) is 38.6 Å². The molecule has 0 saturated heterocycles. The van der Waals surface area contributed by atoms with Crippen molar-refractivity contribution in [2.24, 2.45) is 10.9 Å². The van der Waals surface area contributed by atoms with Crippen LogP contribution in [0.1, 0.15) is 55.8 Å². The molecule has 11 rings (SSSR count). The largest absolute Gasteiger partial charge is 0.456 e. The van der Waals surface area contributed by atoms with Gasteiger partial charge >= 0.3 is 0 Å². The zero-order chi connectivity index (χ0) is 39.5. The lowest BCUT2D eigenvalue weighted by Gasteiger charge is -2.29. The molecule has 59 heavy (non-hydrogen) atoms. The molecule has 3 nitrogen and oxygen atoms in total. The average Bonchev–Trinajstić information content (AvgIpc) is 3.86. The second-order valence-corrected chi connectivity index (χ2v) is 16.1. The summed E-state index contributed by atoms with van der Waals surface area (Å²) in [5.74, 6) is 0.330. The minimum absolute atomic E-state index is 0.0904. The summed E-state index contributed by atoms with van der Waals surface area (Å²) in [6.07, 6.45) is 2.66. The normalized spacial score (nSPS) is 16.3. The van der Waals surface area contributed by atoms with Crippen molar-refractivity contribution in [2.75, 3.05) is 0 Å². The van der Waals surface area contributed by atoms with Crippen molar-refractivity contribution in [3.05, 3.63) is 198 Å². The Kier molecular flexibility index (Phi) is 8.62. The number of nitrogens with zero attached hydrogens (tertiary/aromatic N) is 1. The Bertz CT molecular complexity index is 3270. The molecule has 0 radical (unpaired) electrons. The highest BCUT2D eigenvalue weighted by Crippen LogP contribution is 2.46. The molecule has 3 heteroatoms. The van der Waals surface area contributed by atoms with E-state index in [0.717, 1.165) is 85.7 Å². The average molecular weight is 762 g/mol. The smallest absolute Gasteiger partial charge is 0.136 e. The molecule has 0 spiro atoms. The number of para-hydroxylation sites is 2. The third kappa shape index (κ3) is 6.08. The monoisotopic (exact) mass is 761 g/mol. The summed E-state index contributed by atoms with van der Waals surface area (Å²) in [6.45, 7) is 4.66. The van der Waals surface area contributed by atoms with Gasteiger partial charge in [0.1, 0.15) is 22.3 Å². The highest BCUT2D eigenvalue weighted by Gasteiger charge is 2.29. The lowest BCUT2D eigenvalue weighted by molar-refractivity contribution is 0.514. The molecule has 3 heterocycles. The van der Waals surface area contributed by atoms with Gasteiger partial charge in [0, 0.05) is 33.7 Å². The SMILES string of the molecule is CCC1CC(c2cccc3oc4ccccc4c23)N=C(c2cc(-c3cc(-c4ccccc4)cc4oc5ccccc5c34)c3ccccc3c2)CC(C)=C1c1ccccc1. The maximum Gasteiger partial charge on any atom is 0.136 e. The van der Waals surface area contributed by atoms with E-state index in [1.54, 1.807) is 0 Å². The van der Waals surface area contributed by atoms with E-state index in [9.17, 15) is 0 Å². The molecule has 2 unspecified atom stereocenters. The minimum Gasteiger partial charge on any atom is -0.456 e. The fraction of sp³-hybridized carbons (Fsp3) is 0.125. The van der Waals surface area contributed by atoms with E-state index >= 15 is 0 Å². The maximum atomic E-state index is 6.64. The Balaban J connectivity index is 1.18. The summed E-state index contributed by atoms with van der Waals surface area (Å²) in [5, 5.41) is 6.95. The second kappa shape index (κ2) is 14.4. The fourth-order valence-electron chi connectivity index (χ4n) is 9.86. The van der Waals surface area contributed by atoms with Gasteiger partial charge < -0.3 is 8.83 Å². The van der Waals surface area contributed by atoms with Crippen LogP contribution < -0.4 is 0 Å². The Morgan fingerprint density at radius 2 is 1.12 bits per heavy atom. The molecular weight excluding hydrogens is 719 g/mol. The van der Waals surface area contributed by atoms with E-state index < -0.39 is 0 Å². The van der Waals surface area contributed by atoms with E-state index in [4.69, 9.17) is 13.8 Å². The van der Waals surface area contributed by atoms with Gasteiger partial charge in [-0.3, -0.25) is 4.99 Å². The van der Waals surface area contributed by atoms with E-state index in [2.05, 4.69) is 190 Å². The number of hydrogen-bond donors (Lipinski definition) is 0. The van der Waals surface area contributed by atoms with Crippen LogP contribution >= 0.6 is 0 Å². The molecule has 284 valence electrons. The lowest BCUT2D eigenvalue weighted by atomic mass is 9.78. The predicted octanol–water partition coefficient (Wildman–Crippen LogP) is 15.8. The van der Waals surface area contributed by atoms with Gasteiger partial charge in [-0.2, -0.15) is 0 Å². The second-order valence-electron chi connectivity index (χ2n) is 16.1. The molecule has 0 aliphatic carbocycles. The number of aliphatic imine (C=N–C) groups is 1. The van der Waals surface area contributed by atoms with Crippen LogP contribution in [0.15, 0.2) is 195 Å². The first kappa shape index (κ1) is 35.2. The molecule has 0 saturated carbocycles. The molecule has 1 aliphatic heterocycles. The number of allylic oxidation sites excluding steroid dienone is 2. The Labute approximate surface area is 344 Å². The predicted molar refractivity (Wildman–Crippen MR) is 247 cm³/mol. The molecule has 8 aromatic carbocycles. The van der Waals surface area contributed by atoms with Gasteiger partial charge in [-0.05, 0) is 123 Å². The van der Waals surface area contributed by atoms with Gasteiger partial charge in [-0.1, -0.05) is 146 Å². The summed E-state index contributed by atoms with van der Waals surface area (Å²) in [6, 6.07) is 63.1. The van der Waals surface area contributed by atoms with Crippen molar-refractivity contribution in [3.63, 3.8) is 0 Å². The first-order chi connectivity index (χ1) is 29.1. The van der Waals surface area contributed by atoms with Gasteiger partial charge in [-0.25, -0.2) is 0 Å². The van der Waals surface area contributed by atoms with Crippen molar-refractivity contribution in [1.82, 2.24) is 0 Å². The van der Waals surface area contributed by atoms with E-state index in [-0.39, 0.29) is 6.04 Å². The van der Waals surface area contributed by atoms with E-state index in [1.807, 2.05) is 0 Å². The molecule has 0 bridgehead atoms. The van der Waals surface area contributed by atoms with Gasteiger partial charge in [0.25, 0.3) is 0 Å². The van der Waals surface area contributed by atoms with Crippen LogP contribution in [0.3, 0.4) is 0 Å².